The first kappa shape index (κ1) is 12.0. The van der Waals surface area contributed by atoms with E-state index in [1.165, 1.54) is 13.3 Å². The second-order valence-corrected chi connectivity index (χ2v) is 3.70. The number of rotatable bonds is 3. The van der Waals surface area contributed by atoms with E-state index < -0.39 is 5.97 Å². The lowest BCUT2D eigenvalue weighted by atomic mass is 10.0. The van der Waals surface area contributed by atoms with Crippen molar-refractivity contribution in [1.29, 1.82) is 0 Å². The molecule has 0 unspecified atom stereocenters. The van der Waals surface area contributed by atoms with Crippen molar-refractivity contribution in [3.05, 3.63) is 53.9 Å². The minimum atomic E-state index is -0.434. The summed E-state index contributed by atoms with van der Waals surface area (Å²) in [7, 11) is 1.32. The van der Waals surface area contributed by atoms with Gasteiger partial charge in [0.1, 0.15) is 6.29 Å². The molecular weight excluding hydrogens is 230 g/mol. The van der Waals surface area contributed by atoms with Crippen LogP contribution in [0.2, 0.25) is 0 Å². The molecule has 1 aromatic heterocycles. The smallest absolute Gasteiger partial charge is 0.339 e. The minimum Gasteiger partial charge on any atom is -0.465 e. The SMILES string of the molecule is COC(=O)c1cncc(-c2cccc(C=O)c2)c1. The van der Waals surface area contributed by atoms with Crippen LogP contribution in [0, 0.1) is 0 Å². The molecule has 1 aromatic carbocycles. The monoisotopic (exact) mass is 241 g/mol. The standard InChI is InChI=1S/C14H11NO3/c1-18-14(17)13-6-12(7-15-8-13)11-4-2-3-10(5-11)9-16/h2-9H,1H3. The van der Waals surface area contributed by atoms with Crippen molar-refractivity contribution in [1.82, 2.24) is 4.98 Å². The molecule has 0 bridgehead atoms. The number of methoxy groups -OCH3 is 1. The highest BCUT2D eigenvalue weighted by Gasteiger charge is 2.07. The molecule has 0 aliphatic rings. The van der Waals surface area contributed by atoms with Gasteiger partial charge >= 0.3 is 5.97 Å². The summed E-state index contributed by atoms with van der Waals surface area (Å²) in [6, 6.07) is 8.77. The van der Waals surface area contributed by atoms with Gasteiger partial charge in [-0.2, -0.15) is 0 Å². The maximum atomic E-state index is 11.4. The van der Waals surface area contributed by atoms with Crippen LogP contribution < -0.4 is 0 Å². The molecular formula is C14H11NO3. The average Bonchev–Trinajstić information content (AvgIpc) is 2.46. The molecule has 90 valence electrons. The molecule has 0 spiro atoms. The number of pyridine rings is 1. The summed E-state index contributed by atoms with van der Waals surface area (Å²) >= 11 is 0. The largest absolute Gasteiger partial charge is 0.465 e. The summed E-state index contributed by atoms with van der Waals surface area (Å²) < 4.78 is 4.64. The molecule has 0 aliphatic heterocycles. The Morgan fingerprint density at radius 2 is 2.06 bits per heavy atom. The number of benzene rings is 1. The summed E-state index contributed by atoms with van der Waals surface area (Å²) in [5.74, 6) is -0.434. The number of aldehydes is 1. The van der Waals surface area contributed by atoms with E-state index in [-0.39, 0.29) is 0 Å². The first-order valence-corrected chi connectivity index (χ1v) is 5.33. The Labute approximate surface area is 104 Å². The van der Waals surface area contributed by atoms with Crippen LogP contribution >= 0.6 is 0 Å². The fourth-order valence-electron chi connectivity index (χ4n) is 1.62. The van der Waals surface area contributed by atoms with Crippen molar-refractivity contribution in [2.75, 3.05) is 7.11 Å². The topological polar surface area (TPSA) is 56.3 Å². The quantitative estimate of drug-likeness (QED) is 0.611. The van der Waals surface area contributed by atoms with Crippen molar-refractivity contribution in [3.63, 3.8) is 0 Å². The fourth-order valence-corrected chi connectivity index (χ4v) is 1.62. The van der Waals surface area contributed by atoms with Crippen LogP contribution in [0.15, 0.2) is 42.7 Å². The lowest BCUT2D eigenvalue weighted by molar-refractivity contribution is 0.0600. The predicted octanol–water partition coefficient (Wildman–Crippen LogP) is 2.35. The van der Waals surface area contributed by atoms with Crippen LogP contribution in [0.1, 0.15) is 20.7 Å². The van der Waals surface area contributed by atoms with E-state index in [0.717, 1.165) is 17.4 Å². The highest BCUT2D eigenvalue weighted by molar-refractivity contribution is 5.90. The van der Waals surface area contributed by atoms with Crippen molar-refractivity contribution in [2.24, 2.45) is 0 Å². The fraction of sp³-hybridized carbons (Fsp3) is 0.0714. The van der Waals surface area contributed by atoms with Crippen LogP contribution in [-0.4, -0.2) is 24.3 Å². The van der Waals surface area contributed by atoms with E-state index >= 15 is 0 Å². The van der Waals surface area contributed by atoms with Crippen molar-refractivity contribution < 1.29 is 14.3 Å². The van der Waals surface area contributed by atoms with E-state index in [4.69, 9.17) is 0 Å². The Morgan fingerprint density at radius 1 is 1.22 bits per heavy atom. The number of hydrogen-bond acceptors (Lipinski definition) is 4. The van der Waals surface area contributed by atoms with Crippen LogP contribution in [0.5, 0.6) is 0 Å². The van der Waals surface area contributed by atoms with E-state index in [1.807, 2.05) is 6.07 Å². The Kier molecular flexibility index (Phi) is 3.48. The van der Waals surface area contributed by atoms with Gasteiger partial charge in [0.15, 0.2) is 0 Å². The molecule has 0 saturated heterocycles. The first-order valence-electron chi connectivity index (χ1n) is 5.33. The molecule has 0 fully saturated rings. The van der Waals surface area contributed by atoms with Gasteiger partial charge in [-0.05, 0) is 17.7 Å². The first-order chi connectivity index (χ1) is 8.74. The molecule has 0 atom stereocenters. The third-order valence-corrected chi connectivity index (χ3v) is 2.52. The Hall–Kier alpha value is -2.49. The highest BCUT2D eigenvalue weighted by atomic mass is 16.5. The third-order valence-electron chi connectivity index (χ3n) is 2.52. The normalized spacial score (nSPS) is 9.83. The number of carbonyl (C=O) groups is 2. The number of ether oxygens (including phenoxy) is 1. The maximum Gasteiger partial charge on any atom is 0.339 e. The maximum absolute atomic E-state index is 11.4. The van der Waals surface area contributed by atoms with Gasteiger partial charge in [-0.3, -0.25) is 9.78 Å². The number of esters is 1. The second-order valence-electron chi connectivity index (χ2n) is 3.70. The molecule has 0 amide bonds. The lowest BCUT2D eigenvalue weighted by Gasteiger charge is -2.04. The molecule has 4 heteroatoms. The third kappa shape index (κ3) is 2.43. The van der Waals surface area contributed by atoms with Crippen molar-refractivity contribution >= 4 is 12.3 Å². The zero-order valence-electron chi connectivity index (χ0n) is 9.79. The molecule has 0 saturated carbocycles. The van der Waals surface area contributed by atoms with Gasteiger partial charge < -0.3 is 4.74 Å². The van der Waals surface area contributed by atoms with Crippen LogP contribution in [0.3, 0.4) is 0 Å². The van der Waals surface area contributed by atoms with E-state index in [1.54, 1.807) is 30.5 Å². The molecule has 2 aromatic rings. The molecule has 2 rings (SSSR count). The van der Waals surface area contributed by atoms with Crippen LogP contribution in [-0.2, 0) is 4.74 Å². The van der Waals surface area contributed by atoms with Gasteiger partial charge in [-0.1, -0.05) is 18.2 Å². The molecule has 1 heterocycles. The second kappa shape index (κ2) is 5.23. The number of hydrogen-bond donors (Lipinski definition) is 0. The van der Waals surface area contributed by atoms with Gasteiger partial charge in [0.2, 0.25) is 0 Å². The minimum absolute atomic E-state index is 0.381. The van der Waals surface area contributed by atoms with Gasteiger partial charge in [-0.25, -0.2) is 4.79 Å². The average molecular weight is 241 g/mol. The Balaban J connectivity index is 2.44. The van der Waals surface area contributed by atoms with E-state index in [9.17, 15) is 9.59 Å². The summed E-state index contributed by atoms with van der Waals surface area (Å²) in [6.07, 6.45) is 3.86. The Morgan fingerprint density at radius 3 is 2.78 bits per heavy atom. The van der Waals surface area contributed by atoms with Crippen LogP contribution in [0.25, 0.3) is 11.1 Å². The van der Waals surface area contributed by atoms with E-state index in [2.05, 4.69) is 9.72 Å². The zero-order valence-corrected chi connectivity index (χ0v) is 9.79. The van der Waals surface area contributed by atoms with Crippen molar-refractivity contribution in [2.45, 2.75) is 0 Å². The molecule has 0 radical (unpaired) electrons. The molecule has 4 nitrogen and oxygen atoms in total. The molecule has 18 heavy (non-hydrogen) atoms. The van der Waals surface area contributed by atoms with Gasteiger partial charge in [0.25, 0.3) is 0 Å². The summed E-state index contributed by atoms with van der Waals surface area (Å²) in [5, 5.41) is 0. The zero-order chi connectivity index (χ0) is 13.0. The number of aromatic nitrogens is 1. The van der Waals surface area contributed by atoms with Crippen molar-refractivity contribution in [3.8, 4) is 11.1 Å². The van der Waals surface area contributed by atoms with E-state index in [0.29, 0.717) is 11.1 Å². The summed E-state index contributed by atoms with van der Waals surface area (Å²) in [6.45, 7) is 0. The van der Waals surface area contributed by atoms with Crippen LogP contribution in [0.4, 0.5) is 0 Å². The molecule has 0 N–H and O–H groups in total. The summed E-state index contributed by atoms with van der Waals surface area (Å²) in [4.78, 5) is 26.1. The lowest BCUT2D eigenvalue weighted by Crippen LogP contribution is -2.01. The predicted molar refractivity (Wildman–Crippen MR) is 66.4 cm³/mol. The number of nitrogens with zero attached hydrogens (tertiary/aromatic N) is 1. The van der Waals surface area contributed by atoms with Gasteiger partial charge in [-0.15, -0.1) is 0 Å². The summed E-state index contributed by atoms with van der Waals surface area (Å²) in [5.41, 5.74) is 2.56. The van der Waals surface area contributed by atoms with Gasteiger partial charge in [0.05, 0.1) is 12.7 Å². The highest BCUT2D eigenvalue weighted by Crippen LogP contribution is 2.20. The van der Waals surface area contributed by atoms with Gasteiger partial charge in [0, 0.05) is 23.5 Å². The molecule has 0 aliphatic carbocycles. The number of carbonyl (C=O) groups excluding carboxylic acids is 2. The Bertz CT molecular complexity index is 593.